The van der Waals surface area contributed by atoms with Gasteiger partial charge in [-0.3, -0.25) is 9.48 Å². The van der Waals surface area contributed by atoms with Crippen LogP contribution in [0.2, 0.25) is 5.02 Å². The Morgan fingerprint density at radius 3 is 2.68 bits per heavy atom. The molecule has 106 valence electrons. The summed E-state index contributed by atoms with van der Waals surface area (Å²) in [6.45, 7) is 1.88. The molecule has 2 atom stereocenters. The van der Waals surface area contributed by atoms with Gasteiger partial charge in [0.15, 0.2) is 0 Å². The fourth-order valence-corrected chi connectivity index (χ4v) is 3.34. The highest BCUT2D eigenvalue weighted by molar-refractivity contribution is 6.31. The molecule has 0 radical (unpaired) electrons. The van der Waals surface area contributed by atoms with Gasteiger partial charge < -0.3 is 5.11 Å². The summed E-state index contributed by atoms with van der Waals surface area (Å²) in [6.07, 6.45) is 5.74. The summed E-state index contributed by atoms with van der Waals surface area (Å²) in [5.41, 5.74) is 1.79. The molecule has 2 unspecified atom stereocenters. The zero-order chi connectivity index (χ0) is 14.0. The van der Waals surface area contributed by atoms with E-state index in [-0.39, 0.29) is 11.8 Å². The van der Waals surface area contributed by atoms with Gasteiger partial charge in [0.1, 0.15) is 0 Å². The molecule has 0 spiro atoms. The molecule has 2 rings (SSSR count). The third kappa shape index (κ3) is 3.11. The van der Waals surface area contributed by atoms with E-state index in [4.69, 9.17) is 11.6 Å². The van der Waals surface area contributed by atoms with E-state index < -0.39 is 5.97 Å². The van der Waals surface area contributed by atoms with E-state index in [0.717, 1.165) is 43.5 Å². The lowest BCUT2D eigenvalue weighted by atomic mass is 9.84. The zero-order valence-electron chi connectivity index (χ0n) is 11.5. The van der Waals surface area contributed by atoms with E-state index in [1.165, 1.54) is 0 Å². The predicted molar refractivity (Wildman–Crippen MR) is 74.4 cm³/mol. The lowest BCUT2D eigenvalue weighted by Crippen LogP contribution is -2.25. The van der Waals surface area contributed by atoms with Gasteiger partial charge in [0.05, 0.1) is 22.3 Å². The third-order valence-corrected chi connectivity index (χ3v) is 4.69. The molecule has 1 saturated carbocycles. The molecule has 0 amide bonds. The normalized spacial score (nSPS) is 24.2. The fraction of sp³-hybridized carbons (Fsp3) is 0.714. The number of halogens is 1. The lowest BCUT2D eigenvalue weighted by molar-refractivity contribution is -0.143. The molecule has 0 aliphatic heterocycles. The Morgan fingerprint density at radius 1 is 1.42 bits per heavy atom. The Labute approximate surface area is 118 Å². The molecule has 1 heterocycles. The summed E-state index contributed by atoms with van der Waals surface area (Å²) >= 11 is 6.27. The Morgan fingerprint density at radius 2 is 2.11 bits per heavy atom. The second-order valence-corrected chi connectivity index (χ2v) is 5.89. The van der Waals surface area contributed by atoms with Crippen LogP contribution in [0, 0.1) is 18.8 Å². The van der Waals surface area contributed by atoms with E-state index in [9.17, 15) is 9.90 Å². The number of carboxylic acids is 1. The van der Waals surface area contributed by atoms with Crippen molar-refractivity contribution >= 4 is 17.6 Å². The lowest BCUT2D eigenvalue weighted by Gasteiger charge is -2.21. The number of carbonyl (C=O) groups is 1. The van der Waals surface area contributed by atoms with Crippen LogP contribution in [0.4, 0.5) is 0 Å². The average molecular weight is 285 g/mol. The summed E-state index contributed by atoms with van der Waals surface area (Å²) in [4.78, 5) is 11.4. The number of hydrogen-bond acceptors (Lipinski definition) is 2. The molecule has 0 aromatic carbocycles. The molecule has 1 N–H and O–H groups in total. The van der Waals surface area contributed by atoms with Crippen molar-refractivity contribution in [3.8, 4) is 0 Å². The minimum atomic E-state index is -0.665. The van der Waals surface area contributed by atoms with Crippen molar-refractivity contribution in [2.24, 2.45) is 18.9 Å². The first-order valence-corrected chi connectivity index (χ1v) is 7.29. The van der Waals surface area contributed by atoms with Crippen molar-refractivity contribution in [2.45, 2.75) is 45.4 Å². The Balaban J connectivity index is 2.21. The predicted octanol–water partition coefficient (Wildman–Crippen LogP) is 3.21. The maximum atomic E-state index is 11.4. The highest BCUT2D eigenvalue weighted by Crippen LogP contribution is 2.33. The van der Waals surface area contributed by atoms with Crippen molar-refractivity contribution < 1.29 is 9.90 Å². The highest BCUT2D eigenvalue weighted by atomic mass is 35.5. The molecule has 1 aromatic heterocycles. The zero-order valence-corrected chi connectivity index (χ0v) is 12.3. The van der Waals surface area contributed by atoms with Gasteiger partial charge in [-0.1, -0.05) is 30.9 Å². The Bertz CT molecular complexity index is 470. The van der Waals surface area contributed by atoms with E-state index >= 15 is 0 Å². The first-order chi connectivity index (χ1) is 9.00. The van der Waals surface area contributed by atoms with Crippen LogP contribution in [-0.4, -0.2) is 20.9 Å². The smallest absolute Gasteiger partial charge is 0.306 e. The maximum absolute atomic E-state index is 11.4. The van der Waals surface area contributed by atoms with Gasteiger partial charge in [-0.15, -0.1) is 0 Å². The van der Waals surface area contributed by atoms with Crippen LogP contribution >= 0.6 is 11.6 Å². The second-order valence-electron chi connectivity index (χ2n) is 5.52. The molecular formula is C14H21ClN2O2. The van der Waals surface area contributed by atoms with Crippen LogP contribution in [0.15, 0.2) is 0 Å². The van der Waals surface area contributed by atoms with Gasteiger partial charge in [-0.25, -0.2) is 0 Å². The van der Waals surface area contributed by atoms with Crippen molar-refractivity contribution in [2.75, 3.05) is 0 Å². The van der Waals surface area contributed by atoms with Crippen LogP contribution in [0.3, 0.4) is 0 Å². The summed E-state index contributed by atoms with van der Waals surface area (Å²) in [5, 5.41) is 14.4. The Kier molecular flexibility index (Phi) is 4.50. The third-order valence-electron chi connectivity index (χ3n) is 4.19. The van der Waals surface area contributed by atoms with Crippen LogP contribution < -0.4 is 0 Å². The van der Waals surface area contributed by atoms with Crippen LogP contribution in [0.1, 0.15) is 43.5 Å². The standard InChI is InChI=1S/C14H21ClN2O2/c1-9-13(15)12(17(2)16-9)8-10-6-4-3-5-7-11(10)14(18)19/h10-11H,3-8H2,1-2H3,(H,18,19). The molecule has 0 saturated heterocycles. The van der Waals surface area contributed by atoms with Crippen molar-refractivity contribution in [1.82, 2.24) is 9.78 Å². The average Bonchev–Trinajstić information content (AvgIpc) is 2.57. The number of aryl methyl sites for hydroxylation is 2. The number of carboxylic acid groups (broad SMARTS) is 1. The molecule has 5 heteroatoms. The summed E-state index contributed by atoms with van der Waals surface area (Å²) in [5.74, 6) is -0.733. The number of aromatic nitrogens is 2. The largest absolute Gasteiger partial charge is 0.481 e. The van der Waals surface area contributed by atoms with Gasteiger partial charge in [0, 0.05) is 7.05 Å². The minimum Gasteiger partial charge on any atom is -0.481 e. The van der Waals surface area contributed by atoms with E-state index in [1.54, 1.807) is 4.68 Å². The van der Waals surface area contributed by atoms with Gasteiger partial charge in [0.2, 0.25) is 0 Å². The monoisotopic (exact) mass is 284 g/mol. The highest BCUT2D eigenvalue weighted by Gasteiger charge is 2.31. The molecule has 4 nitrogen and oxygen atoms in total. The van der Waals surface area contributed by atoms with Crippen molar-refractivity contribution in [1.29, 1.82) is 0 Å². The molecule has 1 aliphatic carbocycles. The van der Waals surface area contributed by atoms with Crippen molar-refractivity contribution in [3.63, 3.8) is 0 Å². The van der Waals surface area contributed by atoms with Crippen LogP contribution in [0.25, 0.3) is 0 Å². The first kappa shape index (κ1) is 14.4. The summed E-state index contributed by atoms with van der Waals surface area (Å²) in [6, 6.07) is 0. The number of nitrogens with zero attached hydrogens (tertiary/aromatic N) is 2. The van der Waals surface area contributed by atoms with Gasteiger partial charge in [-0.2, -0.15) is 5.10 Å². The fourth-order valence-electron chi connectivity index (χ4n) is 3.10. The van der Waals surface area contributed by atoms with Crippen LogP contribution in [-0.2, 0) is 18.3 Å². The second kappa shape index (κ2) is 5.95. The van der Waals surface area contributed by atoms with Gasteiger partial charge >= 0.3 is 5.97 Å². The number of aliphatic carboxylic acids is 1. The maximum Gasteiger partial charge on any atom is 0.306 e. The summed E-state index contributed by atoms with van der Waals surface area (Å²) < 4.78 is 1.79. The summed E-state index contributed by atoms with van der Waals surface area (Å²) in [7, 11) is 1.88. The minimum absolute atomic E-state index is 0.173. The van der Waals surface area contributed by atoms with E-state index in [1.807, 2.05) is 14.0 Å². The molecule has 1 aromatic rings. The number of hydrogen-bond donors (Lipinski definition) is 1. The quantitative estimate of drug-likeness (QED) is 0.867. The molecule has 0 bridgehead atoms. The molecule has 1 fully saturated rings. The topological polar surface area (TPSA) is 55.1 Å². The molecule has 1 aliphatic rings. The van der Waals surface area contributed by atoms with Gasteiger partial charge in [0.25, 0.3) is 0 Å². The molecule has 19 heavy (non-hydrogen) atoms. The Hall–Kier alpha value is -1.03. The van der Waals surface area contributed by atoms with E-state index in [0.29, 0.717) is 11.4 Å². The van der Waals surface area contributed by atoms with Gasteiger partial charge in [-0.05, 0) is 32.1 Å². The van der Waals surface area contributed by atoms with Crippen molar-refractivity contribution in [3.05, 3.63) is 16.4 Å². The molecular weight excluding hydrogens is 264 g/mol. The first-order valence-electron chi connectivity index (χ1n) is 6.91. The van der Waals surface area contributed by atoms with Crippen LogP contribution in [0.5, 0.6) is 0 Å². The van der Waals surface area contributed by atoms with E-state index in [2.05, 4.69) is 5.10 Å². The number of rotatable bonds is 3. The SMILES string of the molecule is Cc1nn(C)c(CC2CCCCCC2C(=O)O)c1Cl.